The summed E-state index contributed by atoms with van der Waals surface area (Å²) < 4.78 is 0. The third kappa shape index (κ3) is 11.4. The van der Waals surface area contributed by atoms with E-state index in [0.29, 0.717) is 13.0 Å². The summed E-state index contributed by atoms with van der Waals surface area (Å²) in [6.07, 6.45) is 0.375. The van der Waals surface area contributed by atoms with Crippen LogP contribution < -0.4 is 16.0 Å². The molecular weight excluding hydrogens is 230 g/mol. The highest BCUT2D eigenvalue weighted by Gasteiger charge is 2.14. The van der Waals surface area contributed by atoms with Gasteiger partial charge in [-0.1, -0.05) is 0 Å². The molecule has 5 heteroatoms. The van der Waals surface area contributed by atoms with Crippen molar-refractivity contribution in [3.05, 3.63) is 0 Å². The van der Waals surface area contributed by atoms with Gasteiger partial charge in [-0.3, -0.25) is 9.59 Å². The number of carbonyl (C=O) groups excluding carboxylic acids is 2. The maximum Gasteiger partial charge on any atom is 0.234 e. The molecule has 0 spiro atoms. The topological polar surface area (TPSA) is 70.2 Å². The fourth-order valence-electron chi connectivity index (χ4n) is 1.35. The molecule has 0 rings (SSSR count). The second-order valence-electron chi connectivity index (χ2n) is 6.52. The fraction of sp³-hybridized carbons (Fsp3) is 0.846. The van der Waals surface area contributed by atoms with Gasteiger partial charge in [-0.25, -0.2) is 0 Å². The molecule has 0 saturated carbocycles. The molecule has 0 aromatic carbocycles. The monoisotopic (exact) mass is 257 g/mol. The first-order chi connectivity index (χ1) is 7.99. The number of rotatable bonds is 5. The Morgan fingerprint density at radius 1 is 0.833 bits per heavy atom. The first-order valence-electron chi connectivity index (χ1n) is 6.32. The first-order valence-corrected chi connectivity index (χ1v) is 6.32. The van der Waals surface area contributed by atoms with Gasteiger partial charge in [0.05, 0.1) is 6.54 Å². The molecular formula is C13H27N3O2. The molecule has 0 aliphatic heterocycles. The normalized spacial score (nSPS) is 12.1. The Kier molecular flexibility index (Phi) is 6.32. The summed E-state index contributed by atoms with van der Waals surface area (Å²) in [5, 5.41) is 8.66. The van der Waals surface area contributed by atoms with Gasteiger partial charge >= 0.3 is 0 Å². The third-order valence-corrected chi connectivity index (χ3v) is 1.84. The van der Waals surface area contributed by atoms with Crippen molar-refractivity contribution in [3.8, 4) is 0 Å². The summed E-state index contributed by atoms with van der Waals surface area (Å²) in [6.45, 7) is 12.4. The van der Waals surface area contributed by atoms with Crippen LogP contribution in [0.2, 0.25) is 0 Å². The lowest BCUT2D eigenvalue weighted by Crippen LogP contribution is -2.45. The number of hydrogen-bond acceptors (Lipinski definition) is 3. The zero-order valence-corrected chi connectivity index (χ0v) is 12.4. The highest BCUT2D eigenvalue weighted by Crippen LogP contribution is 1.99. The van der Waals surface area contributed by atoms with Gasteiger partial charge < -0.3 is 16.0 Å². The van der Waals surface area contributed by atoms with E-state index < -0.39 is 0 Å². The number of hydrogen-bond donors (Lipinski definition) is 3. The van der Waals surface area contributed by atoms with E-state index in [9.17, 15) is 9.59 Å². The van der Waals surface area contributed by atoms with Crippen molar-refractivity contribution < 1.29 is 9.59 Å². The predicted octanol–water partition coefficient (Wildman–Crippen LogP) is 0.796. The summed E-state index contributed by atoms with van der Waals surface area (Å²) in [7, 11) is 0. The van der Waals surface area contributed by atoms with Crippen molar-refractivity contribution in [1.29, 1.82) is 0 Å². The van der Waals surface area contributed by atoms with E-state index in [4.69, 9.17) is 0 Å². The highest BCUT2D eigenvalue weighted by molar-refractivity contribution is 5.79. The average Bonchev–Trinajstić information content (AvgIpc) is 2.06. The molecule has 2 amide bonds. The second kappa shape index (κ2) is 6.73. The summed E-state index contributed by atoms with van der Waals surface area (Å²) in [5.74, 6) is -0.0649. The lowest BCUT2D eigenvalue weighted by atomic mass is 10.1. The van der Waals surface area contributed by atoms with Crippen LogP contribution in [0.5, 0.6) is 0 Å². The van der Waals surface area contributed by atoms with E-state index in [1.807, 2.05) is 41.5 Å². The SMILES string of the molecule is CC(C)(C)NC(=O)CCNCC(=O)NC(C)(C)C. The summed E-state index contributed by atoms with van der Waals surface area (Å²) >= 11 is 0. The zero-order chi connectivity index (χ0) is 14.4. The van der Waals surface area contributed by atoms with E-state index in [1.54, 1.807) is 0 Å². The van der Waals surface area contributed by atoms with Crippen molar-refractivity contribution >= 4 is 11.8 Å². The van der Waals surface area contributed by atoms with Crippen LogP contribution in [-0.2, 0) is 9.59 Å². The van der Waals surface area contributed by atoms with E-state index in [1.165, 1.54) is 0 Å². The summed E-state index contributed by atoms with van der Waals surface area (Å²) in [5.41, 5.74) is -0.428. The minimum absolute atomic E-state index is 0.00812. The van der Waals surface area contributed by atoms with Gasteiger partial charge in [-0.15, -0.1) is 0 Å². The van der Waals surface area contributed by atoms with Gasteiger partial charge in [0.15, 0.2) is 0 Å². The van der Waals surface area contributed by atoms with Crippen molar-refractivity contribution in [1.82, 2.24) is 16.0 Å². The Hall–Kier alpha value is -1.10. The number of nitrogens with one attached hydrogen (secondary N) is 3. The van der Waals surface area contributed by atoms with E-state index in [0.717, 1.165) is 0 Å². The molecule has 0 atom stereocenters. The van der Waals surface area contributed by atoms with Crippen molar-refractivity contribution in [2.75, 3.05) is 13.1 Å². The molecule has 0 fully saturated rings. The Labute approximate surface area is 110 Å². The third-order valence-electron chi connectivity index (χ3n) is 1.84. The standard InChI is InChI=1S/C13H27N3O2/c1-12(2,3)15-10(17)7-8-14-9-11(18)16-13(4,5)6/h14H,7-9H2,1-6H3,(H,15,17)(H,16,18). The van der Waals surface area contributed by atoms with Crippen LogP contribution in [-0.4, -0.2) is 36.0 Å². The van der Waals surface area contributed by atoms with Crippen LogP contribution in [0.3, 0.4) is 0 Å². The van der Waals surface area contributed by atoms with Gasteiger partial charge in [0.2, 0.25) is 11.8 Å². The Morgan fingerprint density at radius 3 is 1.72 bits per heavy atom. The smallest absolute Gasteiger partial charge is 0.234 e. The predicted molar refractivity (Wildman–Crippen MR) is 73.3 cm³/mol. The lowest BCUT2D eigenvalue weighted by Gasteiger charge is -2.21. The molecule has 0 bridgehead atoms. The minimum atomic E-state index is -0.220. The van der Waals surface area contributed by atoms with Crippen LogP contribution in [0, 0.1) is 0 Å². The maximum absolute atomic E-state index is 11.5. The van der Waals surface area contributed by atoms with E-state index in [-0.39, 0.29) is 29.4 Å². The molecule has 18 heavy (non-hydrogen) atoms. The molecule has 0 aromatic heterocycles. The van der Waals surface area contributed by atoms with Crippen molar-refractivity contribution in [2.45, 2.75) is 59.0 Å². The van der Waals surface area contributed by atoms with Crippen molar-refractivity contribution in [2.24, 2.45) is 0 Å². The highest BCUT2D eigenvalue weighted by atomic mass is 16.2. The van der Waals surface area contributed by atoms with Crippen LogP contribution in [0.4, 0.5) is 0 Å². The Balaban J connectivity index is 3.69. The molecule has 0 heterocycles. The first kappa shape index (κ1) is 16.9. The van der Waals surface area contributed by atoms with Gasteiger partial charge in [0, 0.05) is 24.0 Å². The molecule has 5 nitrogen and oxygen atoms in total. The van der Waals surface area contributed by atoms with Crippen LogP contribution >= 0.6 is 0 Å². The van der Waals surface area contributed by atoms with Crippen LogP contribution in [0.1, 0.15) is 48.0 Å². The van der Waals surface area contributed by atoms with Gasteiger partial charge in [-0.05, 0) is 41.5 Å². The summed E-state index contributed by atoms with van der Waals surface area (Å²) in [6, 6.07) is 0. The average molecular weight is 257 g/mol. The maximum atomic E-state index is 11.5. The Morgan fingerprint density at radius 2 is 1.28 bits per heavy atom. The van der Waals surface area contributed by atoms with Crippen molar-refractivity contribution in [3.63, 3.8) is 0 Å². The van der Waals surface area contributed by atoms with Gasteiger partial charge in [0.25, 0.3) is 0 Å². The fourth-order valence-corrected chi connectivity index (χ4v) is 1.35. The number of carbonyl (C=O) groups is 2. The van der Waals surface area contributed by atoms with E-state index in [2.05, 4.69) is 16.0 Å². The molecule has 0 saturated heterocycles. The minimum Gasteiger partial charge on any atom is -0.351 e. The molecule has 0 radical (unpaired) electrons. The van der Waals surface area contributed by atoms with Gasteiger partial charge in [-0.2, -0.15) is 0 Å². The lowest BCUT2D eigenvalue weighted by molar-refractivity contribution is -0.123. The van der Waals surface area contributed by atoms with Gasteiger partial charge in [0.1, 0.15) is 0 Å². The molecule has 106 valence electrons. The Bertz CT molecular complexity index is 258. The molecule has 3 N–H and O–H groups in total. The van der Waals surface area contributed by atoms with Crippen LogP contribution in [0.15, 0.2) is 0 Å². The molecule has 0 aromatic rings. The number of amides is 2. The summed E-state index contributed by atoms with van der Waals surface area (Å²) in [4.78, 5) is 22.9. The quantitative estimate of drug-likeness (QED) is 0.638. The zero-order valence-electron chi connectivity index (χ0n) is 12.4. The largest absolute Gasteiger partial charge is 0.351 e. The molecule has 0 unspecified atom stereocenters. The van der Waals surface area contributed by atoms with E-state index >= 15 is 0 Å². The molecule has 0 aliphatic rings. The van der Waals surface area contributed by atoms with Crippen LogP contribution in [0.25, 0.3) is 0 Å². The second-order valence-corrected chi connectivity index (χ2v) is 6.52. The molecule has 0 aliphatic carbocycles.